The summed E-state index contributed by atoms with van der Waals surface area (Å²) < 4.78 is 0. The zero-order valence-corrected chi connectivity index (χ0v) is 13.1. The Balaban J connectivity index is 2.04. The van der Waals surface area contributed by atoms with Crippen LogP contribution in [0.15, 0.2) is 54.6 Å². The van der Waals surface area contributed by atoms with Gasteiger partial charge in [-0.3, -0.25) is 19.8 Å². The molecule has 1 N–H and O–H groups in total. The molecule has 0 heterocycles. The molecule has 2 aromatic rings. The number of hydrogen-bond acceptors (Lipinski definition) is 4. The second-order valence-electron chi connectivity index (χ2n) is 5.34. The summed E-state index contributed by atoms with van der Waals surface area (Å²) in [7, 11) is 1.84. The van der Waals surface area contributed by atoms with Gasteiger partial charge in [0, 0.05) is 12.6 Å². The molecule has 0 aliphatic rings. The van der Waals surface area contributed by atoms with Crippen LogP contribution in [0.3, 0.4) is 0 Å². The van der Waals surface area contributed by atoms with Gasteiger partial charge in [0.25, 0.3) is 5.69 Å². The largest absolute Gasteiger partial charge is 0.319 e. The molecule has 1 atom stereocenters. The first-order valence-electron chi connectivity index (χ1n) is 7.27. The lowest BCUT2D eigenvalue weighted by atomic mass is 10.2. The summed E-state index contributed by atoms with van der Waals surface area (Å²) in [6.45, 7) is 2.39. The van der Waals surface area contributed by atoms with Crippen molar-refractivity contribution in [3.05, 3.63) is 70.3 Å². The zero-order valence-electron chi connectivity index (χ0n) is 13.1. The minimum atomic E-state index is -0.506. The van der Waals surface area contributed by atoms with Gasteiger partial charge in [-0.2, -0.15) is 0 Å². The van der Waals surface area contributed by atoms with Crippen molar-refractivity contribution in [2.75, 3.05) is 12.4 Å². The van der Waals surface area contributed by atoms with E-state index in [4.69, 9.17) is 0 Å². The standard InChI is InChI=1S/C17H19N3O3/c1-13(19(2)12-14-8-4-3-5-9-14)17(21)18-15-10-6-7-11-16(15)20(22)23/h3-11,13H,12H2,1-2H3,(H,18,21)/t13-/m0/s1. The number of carbonyl (C=O) groups excluding carboxylic acids is 1. The highest BCUT2D eigenvalue weighted by Gasteiger charge is 2.21. The average Bonchev–Trinajstić information content (AvgIpc) is 2.55. The van der Waals surface area contributed by atoms with Gasteiger partial charge in [-0.05, 0) is 25.6 Å². The van der Waals surface area contributed by atoms with Crippen molar-refractivity contribution in [1.29, 1.82) is 0 Å². The number of nitro groups is 1. The summed E-state index contributed by atoms with van der Waals surface area (Å²) in [5, 5.41) is 13.6. The lowest BCUT2D eigenvalue weighted by molar-refractivity contribution is -0.383. The van der Waals surface area contributed by atoms with Crippen LogP contribution in [-0.4, -0.2) is 28.8 Å². The van der Waals surface area contributed by atoms with Gasteiger partial charge in [0.1, 0.15) is 5.69 Å². The third kappa shape index (κ3) is 4.37. The molecule has 0 unspecified atom stereocenters. The molecule has 6 heteroatoms. The molecular formula is C17H19N3O3. The third-order valence-electron chi connectivity index (χ3n) is 3.67. The van der Waals surface area contributed by atoms with Gasteiger partial charge >= 0.3 is 0 Å². The number of carbonyl (C=O) groups is 1. The highest BCUT2D eigenvalue weighted by Crippen LogP contribution is 2.23. The summed E-state index contributed by atoms with van der Waals surface area (Å²) in [6, 6.07) is 15.5. The summed E-state index contributed by atoms with van der Waals surface area (Å²) in [6.07, 6.45) is 0. The molecule has 0 radical (unpaired) electrons. The van der Waals surface area contributed by atoms with E-state index in [1.165, 1.54) is 12.1 Å². The summed E-state index contributed by atoms with van der Waals surface area (Å²) in [5.74, 6) is -0.280. The van der Waals surface area contributed by atoms with E-state index in [9.17, 15) is 14.9 Å². The number of rotatable bonds is 6. The zero-order chi connectivity index (χ0) is 16.8. The van der Waals surface area contributed by atoms with Crippen LogP contribution in [0.5, 0.6) is 0 Å². The van der Waals surface area contributed by atoms with Crippen LogP contribution < -0.4 is 5.32 Å². The Morgan fingerprint density at radius 3 is 2.43 bits per heavy atom. The Hall–Kier alpha value is -2.73. The maximum absolute atomic E-state index is 12.3. The summed E-state index contributed by atoms with van der Waals surface area (Å²) in [4.78, 5) is 24.7. The van der Waals surface area contributed by atoms with Crippen LogP contribution in [0.2, 0.25) is 0 Å². The number of hydrogen-bond donors (Lipinski definition) is 1. The van der Waals surface area contributed by atoms with Crippen LogP contribution in [0, 0.1) is 10.1 Å². The molecule has 0 saturated heterocycles. The number of benzene rings is 2. The topological polar surface area (TPSA) is 75.5 Å². The Bertz CT molecular complexity index is 688. The Labute approximate surface area is 134 Å². The van der Waals surface area contributed by atoms with E-state index in [1.54, 1.807) is 19.1 Å². The van der Waals surface area contributed by atoms with Gasteiger partial charge in [-0.1, -0.05) is 42.5 Å². The van der Waals surface area contributed by atoms with Crippen LogP contribution >= 0.6 is 0 Å². The second-order valence-corrected chi connectivity index (χ2v) is 5.34. The molecule has 2 aromatic carbocycles. The highest BCUT2D eigenvalue weighted by atomic mass is 16.6. The van der Waals surface area contributed by atoms with E-state index in [-0.39, 0.29) is 17.3 Å². The summed E-state index contributed by atoms with van der Waals surface area (Å²) >= 11 is 0. The van der Waals surface area contributed by atoms with Crippen molar-refractivity contribution < 1.29 is 9.72 Å². The fourth-order valence-corrected chi connectivity index (χ4v) is 2.18. The third-order valence-corrected chi connectivity index (χ3v) is 3.67. The van der Waals surface area contributed by atoms with Gasteiger partial charge in [0.15, 0.2) is 0 Å². The first-order valence-corrected chi connectivity index (χ1v) is 7.27. The minimum Gasteiger partial charge on any atom is -0.319 e. The van der Waals surface area contributed by atoms with E-state index < -0.39 is 11.0 Å². The first-order chi connectivity index (χ1) is 11.0. The van der Waals surface area contributed by atoms with E-state index >= 15 is 0 Å². The van der Waals surface area contributed by atoms with E-state index in [1.807, 2.05) is 42.3 Å². The van der Waals surface area contributed by atoms with Crippen LogP contribution in [0.4, 0.5) is 11.4 Å². The van der Waals surface area contributed by atoms with Gasteiger partial charge in [-0.25, -0.2) is 0 Å². The van der Waals surface area contributed by atoms with Crippen molar-refractivity contribution in [3.63, 3.8) is 0 Å². The molecule has 1 amide bonds. The van der Waals surface area contributed by atoms with E-state index in [0.717, 1.165) is 5.56 Å². The van der Waals surface area contributed by atoms with Crippen molar-refractivity contribution in [2.24, 2.45) is 0 Å². The molecular weight excluding hydrogens is 294 g/mol. The Morgan fingerprint density at radius 2 is 1.78 bits per heavy atom. The molecule has 0 aliphatic carbocycles. The van der Waals surface area contributed by atoms with Gasteiger partial charge < -0.3 is 5.32 Å². The fourth-order valence-electron chi connectivity index (χ4n) is 2.18. The second kappa shape index (κ2) is 7.51. The maximum Gasteiger partial charge on any atom is 0.292 e. The Kier molecular flexibility index (Phi) is 5.43. The fraction of sp³-hybridized carbons (Fsp3) is 0.235. The van der Waals surface area contributed by atoms with Crippen molar-refractivity contribution >= 4 is 17.3 Å². The lowest BCUT2D eigenvalue weighted by Crippen LogP contribution is -2.39. The highest BCUT2D eigenvalue weighted by molar-refractivity contribution is 5.96. The summed E-state index contributed by atoms with van der Waals surface area (Å²) in [5.41, 5.74) is 1.20. The molecule has 120 valence electrons. The Morgan fingerprint density at radius 1 is 1.17 bits per heavy atom. The average molecular weight is 313 g/mol. The smallest absolute Gasteiger partial charge is 0.292 e. The molecule has 0 bridgehead atoms. The molecule has 23 heavy (non-hydrogen) atoms. The number of likely N-dealkylation sites (N-methyl/N-ethyl adjacent to an activating group) is 1. The molecule has 0 saturated carbocycles. The number of nitrogens with zero attached hydrogens (tertiary/aromatic N) is 2. The van der Waals surface area contributed by atoms with Crippen LogP contribution in [0.1, 0.15) is 12.5 Å². The molecule has 6 nitrogen and oxygen atoms in total. The first kappa shape index (κ1) is 16.6. The van der Waals surface area contributed by atoms with E-state index in [0.29, 0.717) is 6.54 Å². The quantitative estimate of drug-likeness (QED) is 0.657. The lowest BCUT2D eigenvalue weighted by Gasteiger charge is -2.23. The number of anilines is 1. The van der Waals surface area contributed by atoms with Crippen LogP contribution in [-0.2, 0) is 11.3 Å². The molecule has 0 aliphatic heterocycles. The van der Waals surface area contributed by atoms with Crippen molar-refractivity contribution in [3.8, 4) is 0 Å². The van der Waals surface area contributed by atoms with Crippen molar-refractivity contribution in [1.82, 2.24) is 4.90 Å². The van der Waals surface area contributed by atoms with Gasteiger partial charge in [0.05, 0.1) is 11.0 Å². The molecule has 0 spiro atoms. The predicted octanol–water partition coefficient (Wildman–Crippen LogP) is 3.05. The van der Waals surface area contributed by atoms with E-state index in [2.05, 4.69) is 5.32 Å². The minimum absolute atomic E-state index is 0.112. The predicted molar refractivity (Wildman–Crippen MR) is 89.1 cm³/mol. The van der Waals surface area contributed by atoms with Crippen LogP contribution in [0.25, 0.3) is 0 Å². The maximum atomic E-state index is 12.3. The number of nitrogens with one attached hydrogen (secondary N) is 1. The SMILES string of the molecule is C[C@@H](C(=O)Nc1ccccc1[N+](=O)[O-])N(C)Cc1ccccc1. The molecule has 0 fully saturated rings. The number of amides is 1. The number of para-hydroxylation sites is 2. The van der Waals surface area contributed by atoms with Gasteiger partial charge in [-0.15, -0.1) is 0 Å². The molecule has 0 aromatic heterocycles. The number of nitro benzene ring substituents is 1. The van der Waals surface area contributed by atoms with Crippen molar-refractivity contribution in [2.45, 2.75) is 19.5 Å². The van der Waals surface area contributed by atoms with Gasteiger partial charge in [0.2, 0.25) is 5.91 Å². The monoisotopic (exact) mass is 313 g/mol. The normalized spacial score (nSPS) is 12.0. The molecule has 2 rings (SSSR count).